The Morgan fingerprint density at radius 1 is 0.906 bits per heavy atom. The van der Waals surface area contributed by atoms with Crippen molar-refractivity contribution >= 4 is 23.3 Å². The Hall–Kier alpha value is -2.19. The molecule has 2 saturated heterocycles. The molecule has 0 spiro atoms. The van der Waals surface area contributed by atoms with Gasteiger partial charge in [0.25, 0.3) is 0 Å². The first kappa shape index (κ1) is 23.0. The highest BCUT2D eigenvalue weighted by Crippen LogP contribution is 2.27. The maximum absolute atomic E-state index is 14.4. The van der Waals surface area contributed by atoms with E-state index in [1.54, 1.807) is 4.90 Å². The zero-order valence-corrected chi connectivity index (χ0v) is 18.6. The van der Waals surface area contributed by atoms with Crippen LogP contribution >= 0.6 is 0 Å². The molecule has 2 aliphatic heterocycles. The summed E-state index contributed by atoms with van der Waals surface area (Å²) in [6, 6.07) is 4.01. The van der Waals surface area contributed by atoms with E-state index < -0.39 is 5.82 Å². The monoisotopic (exact) mass is 447 g/mol. The smallest absolute Gasteiger partial charge is 0.322 e. The number of nitrogens with one attached hydrogen (secondary N) is 2. The summed E-state index contributed by atoms with van der Waals surface area (Å²) in [5.41, 5.74) is 0.545. The molecule has 1 saturated carbocycles. The molecule has 1 aromatic rings. The van der Waals surface area contributed by atoms with E-state index in [-0.39, 0.29) is 35.8 Å². The molecule has 2 N–H and O–H groups in total. The molecule has 8 heteroatoms. The van der Waals surface area contributed by atoms with Crippen molar-refractivity contribution in [2.45, 2.75) is 70.0 Å². The Labute approximate surface area is 189 Å². The van der Waals surface area contributed by atoms with Crippen molar-refractivity contribution in [1.29, 1.82) is 0 Å². The van der Waals surface area contributed by atoms with Crippen molar-refractivity contribution < 1.29 is 23.5 Å². The first-order valence-electron chi connectivity index (χ1n) is 12.0. The largest absolute Gasteiger partial charge is 0.376 e. The lowest BCUT2D eigenvalue weighted by Crippen LogP contribution is -2.44. The van der Waals surface area contributed by atoms with Gasteiger partial charge in [0.15, 0.2) is 0 Å². The fourth-order valence-corrected chi connectivity index (χ4v) is 4.81. The number of urea groups is 1. The summed E-state index contributed by atoms with van der Waals surface area (Å²) < 4.78 is 25.8. The van der Waals surface area contributed by atoms with E-state index in [4.69, 9.17) is 9.47 Å². The molecule has 176 valence electrons. The molecule has 7 nitrogen and oxygen atoms in total. The van der Waals surface area contributed by atoms with Gasteiger partial charge in [0, 0.05) is 37.9 Å². The normalized spacial score (nSPS) is 23.8. The predicted molar refractivity (Wildman–Crippen MR) is 120 cm³/mol. The predicted octanol–water partition coefficient (Wildman–Crippen LogP) is 4.54. The molecule has 1 aliphatic carbocycles. The Kier molecular flexibility index (Phi) is 7.97. The fraction of sp³-hybridized carbons (Fsp3) is 0.667. The minimum Gasteiger partial charge on any atom is -0.376 e. The second kappa shape index (κ2) is 11.1. The molecule has 0 unspecified atom stereocenters. The summed E-state index contributed by atoms with van der Waals surface area (Å²) in [5, 5.41) is 5.59. The van der Waals surface area contributed by atoms with Crippen LogP contribution in [0.25, 0.3) is 0 Å². The van der Waals surface area contributed by atoms with Crippen LogP contribution in [0.1, 0.15) is 57.8 Å². The molecule has 32 heavy (non-hydrogen) atoms. The molecule has 0 bridgehead atoms. The highest BCUT2D eigenvalue weighted by atomic mass is 19.1. The molecule has 3 amide bonds. The average molecular weight is 448 g/mol. The molecular formula is C24H34FN3O4. The molecule has 2 heterocycles. The SMILES string of the molecule is O=C(Nc1cc(NC(=O)N(C[C@H]2CCCO2)C[C@H]2CCCO2)ccc1F)C1CCCCC1. The lowest BCUT2D eigenvalue weighted by atomic mass is 9.88. The van der Waals surface area contributed by atoms with Crippen LogP contribution in [-0.4, -0.2) is 55.3 Å². The van der Waals surface area contributed by atoms with Crippen molar-refractivity contribution in [2.24, 2.45) is 5.92 Å². The standard InChI is InChI=1S/C24H34FN3O4/c25-21-11-10-18(14-22(21)27-23(29)17-6-2-1-3-7-17)26-24(30)28(15-19-8-4-12-31-19)16-20-9-5-13-32-20/h10-11,14,17,19-20H,1-9,12-13,15-16H2,(H,26,30)(H,27,29)/t19-,20-/m1/s1. The van der Waals surface area contributed by atoms with Crippen LogP contribution in [0.4, 0.5) is 20.6 Å². The zero-order chi connectivity index (χ0) is 22.3. The van der Waals surface area contributed by atoms with Gasteiger partial charge in [-0.15, -0.1) is 0 Å². The second-order valence-corrected chi connectivity index (χ2v) is 9.12. The van der Waals surface area contributed by atoms with E-state index >= 15 is 0 Å². The summed E-state index contributed by atoms with van der Waals surface area (Å²) >= 11 is 0. The number of amides is 3. The molecule has 3 aliphatic rings. The van der Waals surface area contributed by atoms with Crippen LogP contribution in [0.5, 0.6) is 0 Å². The van der Waals surface area contributed by atoms with Gasteiger partial charge >= 0.3 is 6.03 Å². The minimum absolute atomic E-state index is 0.0284. The third-order valence-corrected chi connectivity index (χ3v) is 6.63. The van der Waals surface area contributed by atoms with Crippen molar-refractivity contribution in [3.63, 3.8) is 0 Å². The molecule has 4 rings (SSSR count). The maximum atomic E-state index is 14.4. The van der Waals surface area contributed by atoms with Gasteiger partial charge in [-0.25, -0.2) is 9.18 Å². The number of hydrogen-bond acceptors (Lipinski definition) is 4. The summed E-state index contributed by atoms with van der Waals surface area (Å²) in [5.74, 6) is -0.733. The van der Waals surface area contributed by atoms with Gasteiger partial charge in [0.05, 0.1) is 17.9 Å². The quantitative estimate of drug-likeness (QED) is 0.643. The van der Waals surface area contributed by atoms with Crippen LogP contribution < -0.4 is 10.6 Å². The van der Waals surface area contributed by atoms with Crippen molar-refractivity contribution in [2.75, 3.05) is 36.9 Å². The Morgan fingerprint density at radius 2 is 1.56 bits per heavy atom. The first-order chi connectivity index (χ1) is 15.6. The molecule has 0 radical (unpaired) electrons. The molecule has 3 fully saturated rings. The Balaban J connectivity index is 1.40. The van der Waals surface area contributed by atoms with Gasteiger partial charge in [-0.3, -0.25) is 4.79 Å². The van der Waals surface area contributed by atoms with E-state index in [0.717, 1.165) is 71.0 Å². The van der Waals surface area contributed by atoms with Gasteiger partial charge in [0.1, 0.15) is 5.82 Å². The van der Waals surface area contributed by atoms with Crippen LogP contribution in [0.2, 0.25) is 0 Å². The van der Waals surface area contributed by atoms with Crippen LogP contribution in [-0.2, 0) is 14.3 Å². The number of nitrogens with zero attached hydrogens (tertiary/aromatic N) is 1. The minimum atomic E-state index is -0.511. The van der Waals surface area contributed by atoms with E-state index in [9.17, 15) is 14.0 Å². The highest BCUT2D eigenvalue weighted by molar-refractivity contribution is 5.94. The van der Waals surface area contributed by atoms with E-state index in [2.05, 4.69) is 10.6 Å². The van der Waals surface area contributed by atoms with E-state index in [0.29, 0.717) is 18.8 Å². The van der Waals surface area contributed by atoms with Gasteiger partial charge in [-0.2, -0.15) is 0 Å². The van der Waals surface area contributed by atoms with E-state index in [1.165, 1.54) is 18.2 Å². The van der Waals surface area contributed by atoms with E-state index in [1.807, 2.05) is 0 Å². The first-order valence-corrected chi connectivity index (χ1v) is 12.0. The average Bonchev–Trinajstić information content (AvgIpc) is 3.50. The van der Waals surface area contributed by atoms with Crippen molar-refractivity contribution in [1.82, 2.24) is 4.90 Å². The maximum Gasteiger partial charge on any atom is 0.322 e. The summed E-state index contributed by atoms with van der Waals surface area (Å²) in [6.45, 7) is 2.44. The highest BCUT2D eigenvalue weighted by Gasteiger charge is 2.27. The third kappa shape index (κ3) is 6.19. The topological polar surface area (TPSA) is 79.9 Å². The molecule has 2 atom stereocenters. The fourth-order valence-electron chi connectivity index (χ4n) is 4.81. The number of hydrogen-bond donors (Lipinski definition) is 2. The van der Waals surface area contributed by atoms with Gasteiger partial charge in [-0.1, -0.05) is 19.3 Å². The molecular weight excluding hydrogens is 413 g/mol. The summed E-state index contributed by atoms with van der Waals surface area (Å²) in [6.07, 6.45) is 8.81. The third-order valence-electron chi connectivity index (χ3n) is 6.63. The number of halogens is 1. The lowest BCUT2D eigenvalue weighted by Gasteiger charge is -2.28. The number of carbonyl (C=O) groups is 2. The van der Waals surface area contributed by atoms with Crippen LogP contribution in [0.3, 0.4) is 0 Å². The molecule has 0 aromatic heterocycles. The summed E-state index contributed by atoms with van der Waals surface area (Å²) in [4.78, 5) is 27.4. The lowest BCUT2D eigenvalue weighted by molar-refractivity contribution is -0.120. The number of anilines is 2. The number of ether oxygens (including phenoxy) is 2. The second-order valence-electron chi connectivity index (χ2n) is 9.12. The Bertz CT molecular complexity index is 769. The number of rotatable bonds is 7. The van der Waals surface area contributed by atoms with Crippen molar-refractivity contribution in [3.05, 3.63) is 24.0 Å². The van der Waals surface area contributed by atoms with Crippen molar-refractivity contribution in [3.8, 4) is 0 Å². The summed E-state index contributed by atoms with van der Waals surface area (Å²) in [7, 11) is 0. The Morgan fingerprint density at radius 3 is 2.16 bits per heavy atom. The van der Waals surface area contributed by atoms with Gasteiger partial charge < -0.3 is 25.0 Å². The van der Waals surface area contributed by atoms with Gasteiger partial charge in [0.2, 0.25) is 5.91 Å². The van der Waals surface area contributed by atoms with Crippen LogP contribution in [0, 0.1) is 11.7 Å². The van der Waals surface area contributed by atoms with Gasteiger partial charge in [-0.05, 0) is 56.7 Å². The zero-order valence-electron chi connectivity index (χ0n) is 18.6. The number of benzene rings is 1. The molecule has 1 aromatic carbocycles. The van der Waals surface area contributed by atoms with Crippen LogP contribution in [0.15, 0.2) is 18.2 Å². The number of carbonyl (C=O) groups excluding carboxylic acids is 2.